The maximum absolute atomic E-state index is 11.7. The zero-order chi connectivity index (χ0) is 12.0. The van der Waals surface area contributed by atoms with Crippen LogP contribution in [0.25, 0.3) is 0 Å². The van der Waals surface area contributed by atoms with Crippen molar-refractivity contribution >= 4 is 27.3 Å². The Hall–Kier alpha value is -0.110. The Morgan fingerprint density at radius 2 is 2.19 bits per heavy atom. The van der Waals surface area contributed by atoms with E-state index >= 15 is 0 Å². The first-order chi connectivity index (χ1) is 7.49. The molecule has 1 heterocycles. The monoisotopic (exact) mass is 317 g/mol. The van der Waals surface area contributed by atoms with Crippen LogP contribution in [0.5, 0.6) is 0 Å². The number of alkyl halides is 3. The second kappa shape index (κ2) is 6.58. The van der Waals surface area contributed by atoms with Crippen molar-refractivity contribution in [2.45, 2.75) is 12.7 Å². The normalized spacial score (nSPS) is 12.0. The first-order valence-electron chi connectivity index (χ1n) is 4.56. The van der Waals surface area contributed by atoms with E-state index in [9.17, 15) is 13.2 Å². The van der Waals surface area contributed by atoms with Gasteiger partial charge in [-0.2, -0.15) is 13.2 Å². The molecule has 0 aromatic carbocycles. The Bertz CT molecular complexity index is 316. The zero-order valence-corrected chi connectivity index (χ0v) is 10.7. The molecule has 1 aromatic rings. The van der Waals surface area contributed by atoms with Crippen LogP contribution in [0.2, 0.25) is 0 Å². The lowest BCUT2D eigenvalue weighted by atomic mass is 10.4. The SMILES string of the molecule is FC(F)(F)COCCNCc1sccc1Br. The molecule has 1 N–H and O–H groups in total. The second-order valence-electron chi connectivity index (χ2n) is 3.04. The summed E-state index contributed by atoms with van der Waals surface area (Å²) in [5.74, 6) is 0. The van der Waals surface area contributed by atoms with Gasteiger partial charge in [-0.1, -0.05) is 0 Å². The first-order valence-corrected chi connectivity index (χ1v) is 6.23. The van der Waals surface area contributed by atoms with Gasteiger partial charge in [0, 0.05) is 22.4 Å². The van der Waals surface area contributed by atoms with Gasteiger partial charge in [0.15, 0.2) is 0 Å². The third-order valence-electron chi connectivity index (χ3n) is 1.67. The van der Waals surface area contributed by atoms with Crippen LogP contribution in [0.3, 0.4) is 0 Å². The van der Waals surface area contributed by atoms with Gasteiger partial charge in [-0.05, 0) is 27.4 Å². The van der Waals surface area contributed by atoms with E-state index in [0.29, 0.717) is 13.1 Å². The van der Waals surface area contributed by atoms with Crippen molar-refractivity contribution in [1.82, 2.24) is 5.32 Å². The molecule has 16 heavy (non-hydrogen) atoms. The fourth-order valence-electron chi connectivity index (χ4n) is 0.985. The number of thiophene rings is 1. The maximum atomic E-state index is 11.7. The molecular formula is C9H11BrF3NOS. The van der Waals surface area contributed by atoms with E-state index in [0.717, 1.165) is 9.35 Å². The summed E-state index contributed by atoms with van der Waals surface area (Å²) in [5, 5.41) is 4.95. The highest BCUT2D eigenvalue weighted by Gasteiger charge is 2.27. The smallest absolute Gasteiger partial charge is 0.371 e. The molecule has 0 saturated carbocycles. The summed E-state index contributed by atoms with van der Waals surface area (Å²) < 4.78 is 40.5. The third-order valence-corrected chi connectivity index (χ3v) is 3.59. The highest BCUT2D eigenvalue weighted by Crippen LogP contribution is 2.21. The molecule has 0 radical (unpaired) electrons. The minimum atomic E-state index is -4.24. The lowest BCUT2D eigenvalue weighted by molar-refractivity contribution is -0.173. The van der Waals surface area contributed by atoms with Crippen molar-refractivity contribution in [3.63, 3.8) is 0 Å². The molecule has 1 rings (SSSR count). The highest BCUT2D eigenvalue weighted by atomic mass is 79.9. The van der Waals surface area contributed by atoms with E-state index in [2.05, 4.69) is 26.0 Å². The molecule has 0 aliphatic carbocycles. The highest BCUT2D eigenvalue weighted by molar-refractivity contribution is 9.10. The average molecular weight is 318 g/mol. The zero-order valence-electron chi connectivity index (χ0n) is 8.31. The van der Waals surface area contributed by atoms with Crippen LogP contribution < -0.4 is 5.32 Å². The van der Waals surface area contributed by atoms with E-state index in [1.165, 1.54) is 0 Å². The minimum absolute atomic E-state index is 0.0580. The van der Waals surface area contributed by atoms with Crippen LogP contribution in [0.1, 0.15) is 4.88 Å². The van der Waals surface area contributed by atoms with Crippen molar-refractivity contribution in [3.8, 4) is 0 Å². The van der Waals surface area contributed by atoms with Crippen molar-refractivity contribution in [2.24, 2.45) is 0 Å². The van der Waals surface area contributed by atoms with Crippen molar-refractivity contribution in [3.05, 3.63) is 20.8 Å². The molecule has 0 amide bonds. The summed E-state index contributed by atoms with van der Waals surface area (Å²) in [6, 6.07) is 1.93. The Balaban J connectivity index is 2.03. The number of hydrogen-bond acceptors (Lipinski definition) is 3. The molecule has 0 fully saturated rings. The van der Waals surface area contributed by atoms with Gasteiger partial charge in [0.05, 0.1) is 6.61 Å². The van der Waals surface area contributed by atoms with Crippen molar-refractivity contribution in [2.75, 3.05) is 19.8 Å². The molecule has 0 aliphatic rings. The fourth-order valence-corrected chi connectivity index (χ4v) is 2.45. The molecular weight excluding hydrogens is 307 g/mol. The number of nitrogens with one attached hydrogen (secondary N) is 1. The molecule has 0 bridgehead atoms. The fraction of sp³-hybridized carbons (Fsp3) is 0.556. The van der Waals surface area contributed by atoms with Gasteiger partial charge >= 0.3 is 6.18 Å². The van der Waals surface area contributed by atoms with Crippen LogP contribution in [0, 0.1) is 0 Å². The van der Waals surface area contributed by atoms with Crippen LogP contribution in [0.4, 0.5) is 13.2 Å². The van der Waals surface area contributed by atoms with Crippen LogP contribution in [-0.2, 0) is 11.3 Å². The average Bonchev–Trinajstić information content (AvgIpc) is 2.56. The van der Waals surface area contributed by atoms with Gasteiger partial charge in [0.2, 0.25) is 0 Å². The van der Waals surface area contributed by atoms with E-state index < -0.39 is 12.8 Å². The quantitative estimate of drug-likeness (QED) is 0.814. The Morgan fingerprint density at radius 1 is 1.44 bits per heavy atom. The van der Waals surface area contributed by atoms with Gasteiger partial charge in [-0.25, -0.2) is 0 Å². The predicted octanol–water partition coefficient (Wildman–Crippen LogP) is 3.18. The second-order valence-corrected chi connectivity index (χ2v) is 4.89. The minimum Gasteiger partial charge on any atom is -0.371 e. The molecule has 0 spiro atoms. The summed E-state index contributed by atoms with van der Waals surface area (Å²) in [7, 11) is 0. The number of rotatable bonds is 6. The van der Waals surface area contributed by atoms with Gasteiger partial charge < -0.3 is 10.1 Å². The summed E-state index contributed by atoms with van der Waals surface area (Å²) in [6.45, 7) is -0.0894. The predicted molar refractivity (Wildman–Crippen MR) is 60.6 cm³/mol. The van der Waals surface area contributed by atoms with E-state index in [4.69, 9.17) is 0 Å². The number of halogens is 4. The Labute approximate surface area is 104 Å². The lowest BCUT2D eigenvalue weighted by Gasteiger charge is -2.08. The lowest BCUT2D eigenvalue weighted by Crippen LogP contribution is -2.23. The molecule has 0 atom stereocenters. The number of hydrogen-bond donors (Lipinski definition) is 1. The topological polar surface area (TPSA) is 21.3 Å². The molecule has 7 heteroatoms. The van der Waals surface area contributed by atoms with E-state index in [1.807, 2.05) is 11.4 Å². The van der Waals surface area contributed by atoms with Crippen LogP contribution in [0.15, 0.2) is 15.9 Å². The molecule has 1 aromatic heterocycles. The van der Waals surface area contributed by atoms with Gasteiger partial charge in [-0.15, -0.1) is 11.3 Å². The molecule has 0 saturated heterocycles. The first kappa shape index (κ1) is 14.0. The summed E-state index contributed by atoms with van der Waals surface area (Å²) in [4.78, 5) is 1.12. The summed E-state index contributed by atoms with van der Waals surface area (Å²) in [6.07, 6.45) is -4.24. The third kappa shape index (κ3) is 5.83. The van der Waals surface area contributed by atoms with Crippen molar-refractivity contribution in [1.29, 1.82) is 0 Å². The van der Waals surface area contributed by atoms with Crippen LogP contribution in [-0.4, -0.2) is 25.9 Å². The van der Waals surface area contributed by atoms with Gasteiger partial charge in [0.25, 0.3) is 0 Å². The molecule has 2 nitrogen and oxygen atoms in total. The number of ether oxygens (including phenoxy) is 1. The Kier molecular flexibility index (Phi) is 5.74. The summed E-state index contributed by atoms with van der Waals surface area (Å²) >= 11 is 4.95. The van der Waals surface area contributed by atoms with E-state index in [-0.39, 0.29) is 6.61 Å². The molecule has 92 valence electrons. The summed E-state index contributed by atoms with van der Waals surface area (Å²) in [5.41, 5.74) is 0. The standard InChI is InChI=1S/C9H11BrF3NOS/c10-7-1-4-16-8(7)5-14-2-3-15-6-9(11,12)13/h1,4,14H,2-3,5-6H2. The van der Waals surface area contributed by atoms with Gasteiger partial charge in [-0.3, -0.25) is 0 Å². The van der Waals surface area contributed by atoms with Crippen LogP contribution >= 0.6 is 27.3 Å². The molecule has 0 unspecified atom stereocenters. The Morgan fingerprint density at radius 3 is 2.75 bits per heavy atom. The van der Waals surface area contributed by atoms with Gasteiger partial charge in [0.1, 0.15) is 6.61 Å². The van der Waals surface area contributed by atoms with Crippen molar-refractivity contribution < 1.29 is 17.9 Å². The molecule has 0 aliphatic heterocycles. The van der Waals surface area contributed by atoms with E-state index in [1.54, 1.807) is 11.3 Å². The largest absolute Gasteiger partial charge is 0.411 e. The maximum Gasteiger partial charge on any atom is 0.411 e.